The summed E-state index contributed by atoms with van der Waals surface area (Å²) in [4.78, 5) is 20.5. The predicted octanol–water partition coefficient (Wildman–Crippen LogP) is 1.34. The van der Waals surface area contributed by atoms with Gasteiger partial charge in [-0.05, 0) is 44.7 Å². The van der Waals surface area contributed by atoms with E-state index < -0.39 is 12.2 Å². The van der Waals surface area contributed by atoms with Crippen LogP contribution in [0.2, 0.25) is 0 Å². The topological polar surface area (TPSA) is 88.9 Å². The number of amides is 2. The fourth-order valence-corrected chi connectivity index (χ4v) is 3.49. The lowest BCUT2D eigenvalue weighted by atomic mass is 10.0. The van der Waals surface area contributed by atoms with E-state index in [9.17, 15) is 15.0 Å². The first-order chi connectivity index (χ1) is 11.5. The molecule has 3 heterocycles. The zero-order chi connectivity index (χ0) is 17.3. The minimum absolute atomic E-state index is 0.142. The summed E-state index contributed by atoms with van der Waals surface area (Å²) in [6.07, 6.45) is 3.54. The third kappa shape index (κ3) is 3.47. The smallest absolute Gasteiger partial charge is 0.322 e. The molecule has 0 saturated carbocycles. The Kier molecular flexibility index (Phi) is 4.91. The molecule has 2 amide bonds. The number of hydrogen-bond donors (Lipinski definition) is 3. The molecule has 2 fully saturated rings. The number of aliphatic hydroxyl groups excluding tert-OH is 2. The average Bonchev–Trinajstić information content (AvgIpc) is 2.88. The van der Waals surface area contributed by atoms with Crippen molar-refractivity contribution in [2.45, 2.75) is 51.4 Å². The molecule has 2 aliphatic rings. The first kappa shape index (κ1) is 17.0. The van der Waals surface area contributed by atoms with Gasteiger partial charge in [-0.3, -0.25) is 0 Å². The Labute approximate surface area is 142 Å². The molecule has 3 rings (SSSR count). The van der Waals surface area contributed by atoms with Crippen LogP contribution in [0.25, 0.3) is 0 Å². The monoisotopic (exact) mass is 334 g/mol. The molecule has 7 nitrogen and oxygen atoms in total. The number of likely N-dealkylation sites (tertiary alicyclic amines) is 1. The van der Waals surface area contributed by atoms with Gasteiger partial charge in [0.2, 0.25) is 0 Å². The second-order valence-corrected chi connectivity index (χ2v) is 6.87. The fraction of sp³-hybridized carbons (Fsp3) is 0.647. The third-order valence-corrected chi connectivity index (χ3v) is 4.92. The highest BCUT2D eigenvalue weighted by Crippen LogP contribution is 2.27. The number of hydrogen-bond acceptors (Lipinski definition) is 5. The molecule has 7 heteroatoms. The summed E-state index contributed by atoms with van der Waals surface area (Å²) < 4.78 is 0. The highest BCUT2D eigenvalue weighted by atomic mass is 16.3. The SMILES string of the molecule is Cc1cc(NC(=O)N2C[C@@H](O)[C@@H](O)C2)cnc1N1CCCCC1C. The molecule has 2 aliphatic heterocycles. The van der Waals surface area contributed by atoms with Crippen molar-refractivity contribution in [3.63, 3.8) is 0 Å². The Morgan fingerprint density at radius 1 is 1.29 bits per heavy atom. The second-order valence-electron chi connectivity index (χ2n) is 6.87. The molecule has 24 heavy (non-hydrogen) atoms. The lowest BCUT2D eigenvalue weighted by Gasteiger charge is -2.35. The van der Waals surface area contributed by atoms with Crippen LogP contribution in [0.1, 0.15) is 31.7 Å². The zero-order valence-electron chi connectivity index (χ0n) is 14.3. The number of aliphatic hydroxyl groups is 2. The molecule has 2 saturated heterocycles. The van der Waals surface area contributed by atoms with Gasteiger partial charge in [-0.15, -0.1) is 0 Å². The van der Waals surface area contributed by atoms with Crippen molar-refractivity contribution in [3.8, 4) is 0 Å². The Morgan fingerprint density at radius 3 is 2.62 bits per heavy atom. The lowest BCUT2D eigenvalue weighted by molar-refractivity contribution is 0.0572. The van der Waals surface area contributed by atoms with E-state index in [1.807, 2.05) is 13.0 Å². The van der Waals surface area contributed by atoms with Crippen molar-refractivity contribution in [2.75, 3.05) is 29.9 Å². The van der Waals surface area contributed by atoms with Crippen LogP contribution in [-0.4, -0.2) is 64.0 Å². The van der Waals surface area contributed by atoms with Crippen molar-refractivity contribution < 1.29 is 15.0 Å². The van der Waals surface area contributed by atoms with Crippen molar-refractivity contribution in [1.82, 2.24) is 9.88 Å². The molecule has 0 aromatic carbocycles. The molecule has 132 valence electrons. The van der Waals surface area contributed by atoms with Gasteiger partial charge in [-0.25, -0.2) is 9.78 Å². The average molecular weight is 334 g/mol. The number of β-amino-alcohol motifs (C(OH)–C–C–N with tert-alkyl or cyclic N) is 2. The number of aromatic nitrogens is 1. The lowest BCUT2D eigenvalue weighted by Crippen LogP contribution is -2.38. The van der Waals surface area contributed by atoms with Crippen LogP contribution in [0.5, 0.6) is 0 Å². The van der Waals surface area contributed by atoms with Gasteiger partial charge in [0.25, 0.3) is 0 Å². The number of nitrogens with one attached hydrogen (secondary N) is 1. The van der Waals surface area contributed by atoms with Gasteiger partial charge in [-0.2, -0.15) is 0 Å². The maximum atomic E-state index is 12.2. The van der Waals surface area contributed by atoms with Crippen molar-refractivity contribution in [3.05, 3.63) is 17.8 Å². The quantitative estimate of drug-likeness (QED) is 0.759. The molecular weight excluding hydrogens is 308 g/mol. The molecule has 1 aromatic rings. The number of urea groups is 1. The van der Waals surface area contributed by atoms with Crippen LogP contribution in [0.3, 0.4) is 0 Å². The van der Waals surface area contributed by atoms with E-state index in [4.69, 9.17) is 0 Å². The number of pyridine rings is 1. The Morgan fingerprint density at radius 2 is 2.00 bits per heavy atom. The van der Waals surface area contributed by atoms with Gasteiger partial charge in [0.05, 0.1) is 37.2 Å². The molecule has 3 atom stereocenters. The Hall–Kier alpha value is -1.86. The molecular formula is C17H26N4O3. The number of rotatable bonds is 2. The van der Waals surface area contributed by atoms with E-state index >= 15 is 0 Å². The summed E-state index contributed by atoms with van der Waals surface area (Å²) in [5.74, 6) is 0.979. The standard InChI is InChI=1S/C17H26N4O3/c1-11-7-13(19-17(24)20-9-14(22)15(23)10-20)8-18-16(11)21-6-4-3-5-12(21)2/h7-8,12,14-15,22-23H,3-6,9-10H2,1-2H3,(H,19,24)/t12?,14-,15+. The number of aryl methyl sites for hydroxylation is 1. The number of piperidine rings is 1. The fourth-order valence-electron chi connectivity index (χ4n) is 3.49. The first-order valence-electron chi connectivity index (χ1n) is 8.61. The summed E-state index contributed by atoms with van der Waals surface area (Å²) in [7, 11) is 0. The molecule has 1 aromatic heterocycles. The number of anilines is 2. The normalized spacial score (nSPS) is 27.4. The van der Waals surface area contributed by atoms with Crippen LogP contribution in [-0.2, 0) is 0 Å². The van der Waals surface area contributed by atoms with Crippen LogP contribution < -0.4 is 10.2 Å². The van der Waals surface area contributed by atoms with E-state index in [0.29, 0.717) is 11.7 Å². The molecule has 0 bridgehead atoms. The third-order valence-electron chi connectivity index (χ3n) is 4.92. The van der Waals surface area contributed by atoms with Crippen LogP contribution in [0.15, 0.2) is 12.3 Å². The van der Waals surface area contributed by atoms with Gasteiger partial charge in [0.1, 0.15) is 5.82 Å². The first-order valence-corrected chi connectivity index (χ1v) is 8.61. The summed E-state index contributed by atoms with van der Waals surface area (Å²) in [6, 6.07) is 2.08. The molecule has 0 aliphatic carbocycles. The molecule has 1 unspecified atom stereocenters. The van der Waals surface area contributed by atoms with E-state index in [2.05, 4.69) is 22.1 Å². The highest BCUT2D eigenvalue weighted by Gasteiger charge is 2.32. The van der Waals surface area contributed by atoms with Crippen molar-refractivity contribution in [2.24, 2.45) is 0 Å². The Balaban J connectivity index is 1.67. The van der Waals surface area contributed by atoms with Gasteiger partial charge in [0.15, 0.2) is 0 Å². The van der Waals surface area contributed by atoms with Gasteiger partial charge < -0.3 is 25.3 Å². The highest BCUT2D eigenvalue weighted by molar-refractivity contribution is 5.89. The van der Waals surface area contributed by atoms with Crippen molar-refractivity contribution >= 4 is 17.5 Å². The predicted molar refractivity (Wildman–Crippen MR) is 92.2 cm³/mol. The maximum Gasteiger partial charge on any atom is 0.322 e. The van der Waals surface area contributed by atoms with Gasteiger partial charge >= 0.3 is 6.03 Å². The van der Waals surface area contributed by atoms with E-state index in [-0.39, 0.29) is 19.1 Å². The summed E-state index contributed by atoms with van der Waals surface area (Å²) >= 11 is 0. The summed E-state index contributed by atoms with van der Waals surface area (Å²) in [6.45, 7) is 5.53. The van der Waals surface area contributed by atoms with Gasteiger partial charge in [0, 0.05) is 12.6 Å². The van der Waals surface area contributed by atoms with E-state index in [1.54, 1.807) is 6.20 Å². The van der Waals surface area contributed by atoms with E-state index in [1.165, 1.54) is 24.2 Å². The van der Waals surface area contributed by atoms with Crippen LogP contribution in [0.4, 0.5) is 16.3 Å². The number of nitrogens with zero attached hydrogens (tertiary/aromatic N) is 3. The second kappa shape index (κ2) is 6.94. The van der Waals surface area contributed by atoms with Crippen LogP contribution >= 0.6 is 0 Å². The van der Waals surface area contributed by atoms with E-state index in [0.717, 1.165) is 17.9 Å². The van der Waals surface area contributed by atoms with Gasteiger partial charge in [-0.1, -0.05) is 0 Å². The summed E-state index contributed by atoms with van der Waals surface area (Å²) in [5.41, 5.74) is 1.66. The molecule has 0 radical (unpaired) electrons. The number of carbonyl (C=O) groups excluding carboxylic acids is 1. The molecule has 3 N–H and O–H groups in total. The maximum absolute atomic E-state index is 12.2. The molecule has 0 spiro atoms. The largest absolute Gasteiger partial charge is 0.388 e. The number of carbonyl (C=O) groups is 1. The minimum Gasteiger partial charge on any atom is -0.388 e. The van der Waals surface area contributed by atoms with Crippen LogP contribution in [0, 0.1) is 6.92 Å². The summed E-state index contributed by atoms with van der Waals surface area (Å²) in [5, 5.41) is 21.9. The Bertz CT molecular complexity index is 599. The zero-order valence-corrected chi connectivity index (χ0v) is 14.3. The van der Waals surface area contributed by atoms with Crippen molar-refractivity contribution in [1.29, 1.82) is 0 Å². The minimum atomic E-state index is -0.876.